The van der Waals surface area contributed by atoms with E-state index in [0.717, 1.165) is 12.8 Å². The van der Waals surface area contributed by atoms with Gasteiger partial charge in [-0.1, -0.05) is 37.1 Å². The van der Waals surface area contributed by atoms with Crippen molar-refractivity contribution in [2.24, 2.45) is 0 Å². The molecule has 122 valence electrons. The summed E-state index contributed by atoms with van der Waals surface area (Å²) in [5, 5.41) is 8.35. The van der Waals surface area contributed by atoms with Crippen LogP contribution in [0.25, 0.3) is 11.6 Å². The molecule has 0 spiro atoms. The maximum atomic E-state index is 12.3. The van der Waals surface area contributed by atoms with E-state index in [1.54, 1.807) is 6.20 Å². The molecule has 6 nitrogen and oxygen atoms in total. The Bertz CT molecular complexity index is 641. The van der Waals surface area contributed by atoms with E-state index in [2.05, 4.69) is 15.2 Å². The minimum Gasteiger partial charge on any atom is -0.410 e. The number of hydrogen-bond acceptors (Lipinski definition) is 6. The summed E-state index contributed by atoms with van der Waals surface area (Å²) in [4.78, 5) is 18.3. The first kappa shape index (κ1) is 16.0. The molecule has 0 saturated heterocycles. The van der Waals surface area contributed by atoms with Crippen LogP contribution < -0.4 is 0 Å². The van der Waals surface area contributed by atoms with Crippen LogP contribution >= 0.6 is 11.8 Å². The smallest absolute Gasteiger partial charge is 0.277 e. The molecule has 0 aliphatic heterocycles. The third kappa shape index (κ3) is 4.10. The maximum absolute atomic E-state index is 12.3. The van der Waals surface area contributed by atoms with Crippen molar-refractivity contribution in [2.75, 3.05) is 12.8 Å². The van der Waals surface area contributed by atoms with Crippen molar-refractivity contribution in [1.29, 1.82) is 0 Å². The van der Waals surface area contributed by atoms with Crippen LogP contribution in [0.1, 0.15) is 32.1 Å². The van der Waals surface area contributed by atoms with E-state index in [9.17, 15) is 4.79 Å². The molecule has 7 heteroatoms. The Morgan fingerprint density at radius 2 is 2.13 bits per heavy atom. The molecule has 0 atom stereocenters. The van der Waals surface area contributed by atoms with Crippen molar-refractivity contribution in [3.05, 3.63) is 24.4 Å². The lowest BCUT2D eigenvalue weighted by molar-refractivity contribution is -0.129. The first-order valence-electron chi connectivity index (χ1n) is 7.87. The second-order valence-electron chi connectivity index (χ2n) is 5.67. The number of hydrogen-bond donors (Lipinski definition) is 0. The molecule has 0 bridgehead atoms. The highest BCUT2D eigenvalue weighted by molar-refractivity contribution is 7.99. The van der Waals surface area contributed by atoms with Gasteiger partial charge in [0.15, 0.2) is 0 Å². The van der Waals surface area contributed by atoms with Crippen molar-refractivity contribution in [2.45, 2.75) is 43.4 Å². The van der Waals surface area contributed by atoms with E-state index in [1.165, 1.54) is 31.0 Å². The van der Waals surface area contributed by atoms with Crippen molar-refractivity contribution in [1.82, 2.24) is 20.1 Å². The zero-order chi connectivity index (χ0) is 16.1. The van der Waals surface area contributed by atoms with Gasteiger partial charge in [-0.2, -0.15) is 0 Å². The molecule has 0 aromatic carbocycles. The van der Waals surface area contributed by atoms with Crippen molar-refractivity contribution in [3.8, 4) is 11.6 Å². The van der Waals surface area contributed by atoms with Crippen LogP contribution in [0.3, 0.4) is 0 Å². The van der Waals surface area contributed by atoms with E-state index in [4.69, 9.17) is 4.42 Å². The molecular formula is C16H20N4O2S. The van der Waals surface area contributed by atoms with Gasteiger partial charge in [0, 0.05) is 19.3 Å². The third-order valence-corrected chi connectivity index (χ3v) is 4.93. The highest BCUT2D eigenvalue weighted by Crippen LogP contribution is 2.24. The van der Waals surface area contributed by atoms with Crippen LogP contribution in [0.5, 0.6) is 0 Å². The predicted octanol–water partition coefficient (Wildman–Crippen LogP) is 3.01. The Hall–Kier alpha value is -1.89. The lowest BCUT2D eigenvalue weighted by Crippen LogP contribution is -2.39. The first-order chi connectivity index (χ1) is 11.2. The predicted molar refractivity (Wildman–Crippen MR) is 87.9 cm³/mol. The Morgan fingerprint density at radius 3 is 2.87 bits per heavy atom. The number of rotatable bonds is 5. The fourth-order valence-corrected chi connectivity index (χ4v) is 3.45. The first-order valence-corrected chi connectivity index (χ1v) is 8.86. The second kappa shape index (κ2) is 7.59. The Morgan fingerprint density at radius 1 is 1.30 bits per heavy atom. The third-order valence-electron chi connectivity index (χ3n) is 4.13. The number of aromatic nitrogens is 3. The van der Waals surface area contributed by atoms with E-state index >= 15 is 0 Å². The molecule has 1 fully saturated rings. The van der Waals surface area contributed by atoms with E-state index in [0.29, 0.717) is 28.6 Å². The van der Waals surface area contributed by atoms with Gasteiger partial charge < -0.3 is 9.32 Å². The van der Waals surface area contributed by atoms with Crippen LogP contribution in [0.2, 0.25) is 0 Å². The SMILES string of the molecule is CN(C(=O)CSc1nnc(-c2ccccn2)o1)C1CCCCC1. The highest BCUT2D eigenvalue weighted by atomic mass is 32.2. The zero-order valence-corrected chi connectivity index (χ0v) is 14.0. The molecule has 0 unspecified atom stereocenters. The lowest BCUT2D eigenvalue weighted by atomic mass is 9.94. The number of carbonyl (C=O) groups excluding carboxylic acids is 1. The average Bonchev–Trinajstić information content (AvgIpc) is 3.09. The molecule has 1 saturated carbocycles. The lowest BCUT2D eigenvalue weighted by Gasteiger charge is -2.31. The molecule has 1 amide bonds. The second-order valence-corrected chi connectivity index (χ2v) is 6.60. The summed E-state index contributed by atoms with van der Waals surface area (Å²) in [5.41, 5.74) is 0.637. The summed E-state index contributed by atoms with van der Waals surface area (Å²) in [6.07, 6.45) is 7.61. The number of pyridine rings is 1. The van der Waals surface area contributed by atoms with Gasteiger partial charge >= 0.3 is 0 Å². The van der Waals surface area contributed by atoms with Gasteiger partial charge in [-0.3, -0.25) is 9.78 Å². The molecular weight excluding hydrogens is 312 g/mol. The molecule has 1 aliphatic carbocycles. The molecule has 2 aromatic rings. The standard InChI is InChI=1S/C16H20N4O2S/c1-20(12-7-3-2-4-8-12)14(21)11-23-16-19-18-15(22-16)13-9-5-6-10-17-13/h5-6,9-10,12H,2-4,7-8,11H2,1H3. The topological polar surface area (TPSA) is 72.1 Å². The fraction of sp³-hybridized carbons (Fsp3) is 0.500. The molecule has 3 rings (SSSR count). The number of thioether (sulfide) groups is 1. The number of amides is 1. The maximum Gasteiger partial charge on any atom is 0.277 e. The highest BCUT2D eigenvalue weighted by Gasteiger charge is 2.22. The fourth-order valence-electron chi connectivity index (χ4n) is 2.76. The number of carbonyl (C=O) groups is 1. The summed E-state index contributed by atoms with van der Waals surface area (Å²) in [5.74, 6) is 0.803. The van der Waals surface area contributed by atoms with Gasteiger partial charge in [0.1, 0.15) is 5.69 Å². The Kier molecular flexibility index (Phi) is 5.27. The molecule has 0 radical (unpaired) electrons. The summed E-state index contributed by atoms with van der Waals surface area (Å²) in [6.45, 7) is 0. The van der Waals surface area contributed by atoms with Gasteiger partial charge in [0.25, 0.3) is 11.1 Å². The monoisotopic (exact) mass is 332 g/mol. The van der Waals surface area contributed by atoms with Crippen LogP contribution in [0.15, 0.2) is 34.0 Å². The van der Waals surface area contributed by atoms with Crippen LogP contribution in [-0.2, 0) is 4.79 Å². The zero-order valence-electron chi connectivity index (χ0n) is 13.1. The average molecular weight is 332 g/mol. The van der Waals surface area contributed by atoms with Gasteiger partial charge in [-0.05, 0) is 25.0 Å². The minimum absolute atomic E-state index is 0.111. The minimum atomic E-state index is 0.111. The van der Waals surface area contributed by atoms with E-state index in [-0.39, 0.29) is 5.91 Å². The number of nitrogens with zero attached hydrogens (tertiary/aromatic N) is 4. The largest absolute Gasteiger partial charge is 0.410 e. The van der Waals surface area contributed by atoms with Crippen LogP contribution in [0.4, 0.5) is 0 Å². The Balaban J connectivity index is 1.54. The summed E-state index contributed by atoms with van der Waals surface area (Å²) >= 11 is 1.28. The van der Waals surface area contributed by atoms with Gasteiger partial charge in [0.2, 0.25) is 5.91 Å². The van der Waals surface area contributed by atoms with Crippen LogP contribution in [-0.4, -0.2) is 44.8 Å². The van der Waals surface area contributed by atoms with Gasteiger partial charge in [0.05, 0.1) is 5.75 Å². The molecule has 1 aliphatic rings. The summed E-state index contributed by atoms with van der Waals surface area (Å²) < 4.78 is 5.55. The molecule has 23 heavy (non-hydrogen) atoms. The Labute approximate surface area is 139 Å². The van der Waals surface area contributed by atoms with Crippen LogP contribution in [0, 0.1) is 0 Å². The van der Waals surface area contributed by atoms with Crippen molar-refractivity contribution < 1.29 is 9.21 Å². The van der Waals surface area contributed by atoms with E-state index in [1.807, 2.05) is 30.1 Å². The summed E-state index contributed by atoms with van der Waals surface area (Å²) in [6, 6.07) is 5.88. The molecule has 2 heterocycles. The normalized spacial score (nSPS) is 15.5. The molecule has 2 aromatic heterocycles. The molecule has 0 N–H and O–H groups in total. The van der Waals surface area contributed by atoms with Gasteiger partial charge in [-0.15, -0.1) is 10.2 Å². The summed E-state index contributed by atoms with van der Waals surface area (Å²) in [7, 11) is 1.89. The quantitative estimate of drug-likeness (QED) is 0.784. The van der Waals surface area contributed by atoms with Crippen molar-refractivity contribution in [3.63, 3.8) is 0 Å². The van der Waals surface area contributed by atoms with Gasteiger partial charge in [-0.25, -0.2) is 0 Å². The van der Waals surface area contributed by atoms with E-state index < -0.39 is 0 Å². The van der Waals surface area contributed by atoms with Crippen molar-refractivity contribution >= 4 is 17.7 Å².